The van der Waals surface area contributed by atoms with Gasteiger partial charge in [-0.3, -0.25) is 0 Å². The van der Waals surface area contributed by atoms with E-state index in [1.54, 1.807) is 0 Å². The number of hydrogen-bond donors (Lipinski definition) is 1. The summed E-state index contributed by atoms with van der Waals surface area (Å²) in [7, 11) is 0. The molecule has 0 aliphatic heterocycles. The van der Waals surface area contributed by atoms with E-state index in [2.05, 4.69) is 14.7 Å². The Morgan fingerprint density at radius 1 is 1.00 bits per heavy atom. The van der Waals surface area contributed by atoms with E-state index in [0.717, 1.165) is 0 Å². The van der Waals surface area contributed by atoms with Gasteiger partial charge < -0.3 is 10.5 Å². The third-order valence-corrected chi connectivity index (χ3v) is 1.79. The predicted octanol–water partition coefficient (Wildman–Crippen LogP) is 2.65. The summed E-state index contributed by atoms with van der Waals surface area (Å²) in [6.45, 7) is -2.23. The van der Waals surface area contributed by atoms with Crippen LogP contribution in [0, 0.1) is 0 Å². The van der Waals surface area contributed by atoms with Crippen LogP contribution < -0.4 is 10.5 Å². The molecular formula is C8H5F8N3O. The minimum Gasteiger partial charge on any atom is -0.471 e. The maximum atomic E-state index is 12.5. The highest BCUT2D eigenvalue weighted by Crippen LogP contribution is 2.36. The molecule has 0 atom stereocenters. The van der Waals surface area contributed by atoms with Crippen LogP contribution in [0.25, 0.3) is 0 Å². The molecular weight excluding hydrogens is 306 g/mol. The smallest absolute Gasteiger partial charge is 0.456 e. The number of halogens is 8. The van der Waals surface area contributed by atoms with Crippen molar-refractivity contribution >= 4 is 5.82 Å². The summed E-state index contributed by atoms with van der Waals surface area (Å²) in [6.07, 6.45) is -11.0. The quantitative estimate of drug-likeness (QED) is 0.872. The number of nitrogens with zero attached hydrogens (tertiary/aromatic N) is 2. The second-order valence-corrected chi connectivity index (χ2v) is 3.44. The Kier molecular flexibility index (Phi) is 3.97. The third-order valence-electron chi connectivity index (χ3n) is 1.79. The number of rotatable bonds is 3. The largest absolute Gasteiger partial charge is 0.471 e. The van der Waals surface area contributed by atoms with E-state index in [4.69, 9.17) is 5.73 Å². The van der Waals surface area contributed by atoms with Crippen LogP contribution >= 0.6 is 0 Å². The van der Waals surface area contributed by atoms with Gasteiger partial charge in [-0.25, -0.2) is 4.98 Å². The molecule has 2 N–H and O–H groups in total. The van der Waals surface area contributed by atoms with Gasteiger partial charge in [0.25, 0.3) is 0 Å². The van der Waals surface area contributed by atoms with E-state index in [1.165, 1.54) is 0 Å². The molecule has 4 nitrogen and oxygen atoms in total. The van der Waals surface area contributed by atoms with Crippen molar-refractivity contribution in [2.45, 2.75) is 18.3 Å². The standard InChI is InChI=1S/C8H5F8N3O/c9-6(10,8(14,15)16)2-20-4-1-3(17)18-5(19-4)7(11,12)13/h1H,2H2,(H2,17,18,19). The van der Waals surface area contributed by atoms with E-state index >= 15 is 0 Å². The van der Waals surface area contributed by atoms with Gasteiger partial charge in [-0.2, -0.15) is 40.1 Å². The molecule has 0 radical (unpaired) electrons. The molecule has 114 valence electrons. The first kappa shape index (κ1) is 16.2. The summed E-state index contributed by atoms with van der Waals surface area (Å²) in [4.78, 5) is 5.40. The van der Waals surface area contributed by atoms with Gasteiger partial charge in [-0.1, -0.05) is 0 Å². The summed E-state index contributed by atoms with van der Waals surface area (Å²) in [6, 6.07) is 0.488. The zero-order valence-electron chi connectivity index (χ0n) is 9.19. The minimum atomic E-state index is -5.90. The van der Waals surface area contributed by atoms with Crippen molar-refractivity contribution < 1.29 is 39.9 Å². The van der Waals surface area contributed by atoms with Crippen LogP contribution in [0.3, 0.4) is 0 Å². The highest BCUT2D eigenvalue weighted by molar-refractivity contribution is 5.33. The normalized spacial score (nSPS) is 13.4. The Balaban J connectivity index is 2.92. The SMILES string of the molecule is Nc1cc(OCC(F)(F)C(F)(F)F)nc(C(F)(F)F)n1. The summed E-state index contributed by atoms with van der Waals surface area (Å²) >= 11 is 0. The molecule has 0 unspecified atom stereocenters. The summed E-state index contributed by atoms with van der Waals surface area (Å²) in [5.74, 6) is -9.00. The Morgan fingerprint density at radius 3 is 2.00 bits per heavy atom. The lowest BCUT2D eigenvalue weighted by Crippen LogP contribution is -2.41. The monoisotopic (exact) mass is 311 g/mol. The summed E-state index contributed by atoms with van der Waals surface area (Å²) in [5, 5.41) is 0. The van der Waals surface area contributed by atoms with E-state index in [9.17, 15) is 35.1 Å². The first-order valence-corrected chi connectivity index (χ1v) is 4.62. The zero-order valence-corrected chi connectivity index (χ0v) is 9.19. The van der Waals surface area contributed by atoms with E-state index in [1.807, 2.05) is 0 Å². The predicted molar refractivity (Wildman–Crippen MR) is 47.9 cm³/mol. The highest BCUT2D eigenvalue weighted by atomic mass is 19.4. The van der Waals surface area contributed by atoms with Crippen LogP contribution in [0.1, 0.15) is 5.82 Å². The first-order valence-electron chi connectivity index (χ1n) is 4.62. The summed E-state index contributed by atoms with van der Waals surface area (Å²) < 4.78 is 101. The summed E-state index contributed by atoms with van der Waals surface area (Å²) in [5.41, 5.74) is 4.94. The second-order valence-electron chi connectivity index (χ2n) is 3.44. The molecule has 0 saturated heterocycles. The van der Waals surface area contributed by atoms with Crippen molar-refractivity contribution in [2.75, 3.05) is 12.3 Å². The van der Waals surface area contributed by atoms with Crippen molar-refractivity contribution in [3.05, 3.63) is 11.9 Å². The fraction of sp³-hybridized carbons (Fsp3) is 0.500. The van der Waals surface area contributed by atoms with Crippen molar-refractivity contribution in [1.82, 2.24) is 9.97 Å². The Morgan fingerprint density at radius 2 is 1.55 bits per heavy atom. The van der Waals surface area contributed by atoms with Crippen molar-refractivity contribution in [1.29, 1.82) is 0 Å². The van der Waals surface area contributed by atoms with Crippen molar-refractivity contribution in [3.8, 4) is 5.88 Å². The molecule has 0 spiro atoms. The molecule has 0 aliphatic carbocycles. The van der Waals surface area contributed by atoms with Crippen molar-refractivity contribution in [2.24, 2.45) is 0 Å². The number of hydrogen-bond acceptors (Lipinski definition) is 4. The van der Waals surface area contributed by atoms with Gasteiger partial charge >= 0.3 is 18.3 Å². The van der Waals surface area contributed by atoms with Gasteiger partial charge in [0.15, 0.2) is 6.61 Å². The number of alkyl halides is 8. The van der Waals surface area contributed by atoms with E-state index in [-0.39, 0.29) is 0 Å². The molecule has 0 amide bonds. The molecule has 1 heterocycles. The average molecular weight is 311 g/mol. The van der Waals surface area contributed by atoms with Crippen LogP contribution in [0.15, 0.2) is 6.07 Å². The van der Waals surface area contributed by atoms with Gasteiger partial charge in [-0.15, -0.1) is 0 Å². The topological polar surface area (TPSA) is 61.0 Å². The van der Waals surface area contributed by atoms with Crippen LogP contribution in [0.4, 0.5) is 40.9 Å². The molecule has 0 bridgehead atoms. The van der Waals surface area contributed by atoms with Gasteiger partial charge in [0.05, 0.1) is 0 Å². The maximum Gasteiger partial charge on any atom is 0.456 e. The molecule has 12 heteroatoms. The van der Waals surface area contributed by atoms with Crippen LogP contribution in [0.2, 0.25) is 0 Å². The Bertz CT molecular complexity index is 484. The Hall–Kier alpha value is -1.88. The van der Waals surface area contributed by atoms with Crippen LogP contribution in [0.5, 0.6) is 5.88 Å². The molecule has 1 rings (SSSR count). The molecule has 0 fully saturated rings. The number of ether oxygens (including phenoxy) is 1. The number of nitrogen functional groups attached to an aromatic ring is 1. The van der Waals surface area contributed by atoms with E-state index < -0.39 is 42.4 Å². The van der Waals surface area contributed by atoms with Gasteiger partial charge in [0.1, 0.15) is 5.82 Å². The lowest BCUT2D eigenvalue weighted by molar-refractivity contribution is -0.290. The number of anilines is 1. The first-order chi connectivity index (χ1) is 8.83. The average Bonchev–Trinajstić information content (AvgIpc) is 2.23. The second kappa shape index (κ2) is 4.90. The fourth-order valence-corrected chi connectivity index (χ4v) is 0.890. The lowest BCUT2D eigenvalue weighted by Gasteiger charge is -2.19. The van der Waals surface area contributed by atoms with Gasteiger partial charge in [-0.05, 0) is 0 Å². The number of aromatic nitrogens is 2. The fourth-order valence-electron chi connectivity index (χ4n) is 0.890. The third kappa shape index (κ3) is 3.81. The lowest BCUT2D eigenvalue weighted by atomic mass is 10.3. The van der Waals surface area contributed by atoms with Gasteiger partial charge in [0.2, 0.25) is 11.7 Å². The Labute approximate surface area is 105 Å². The molecule has 1 aromatic heterocycles. The molecule has 0 aliphatic rings. The zero-order chi connectivity index (χ0) is 15.8. The van der Waals surface area contributed by atoms with Crippen molar-refractivity contribution in [3.63, 3.8) is 0 Å². The maximum absolute atomic E-state index is 12.5. The molecule has 0 saturated carbocycles. The van der Waals surface area contributed by atoms with Gasteiger partial charge in [0, 0.05) is 6.07 Å². The molecule has 1 aromatic rings. The number of nitrogens with two attached hydrogens (primary N) is 1. The van der Waals surface area contributed by atoms with E-state index in [0.29, 0.717) is 6.07 Å². The molecule has 0 aromatic carbocycles. The van der Waals surface area contributed by atoms with Crippen LogP contribution in [-0.4, -0.2) is 28.7 Å². The van der Waals surface area contributed by atoms with Crippen LogP contribution in [-0.2, 0) is 6.18 Å². The highest BCUT2D eigenvalue weighted by Gasteiger charge is 2.58. The molecule has 20 heavy (non-hydrogen) atoms. The minimum absolute atomic E-state index is 0.488.